The zero-order chi connectivity index (χ0) is 63.7. The van der Waals surface area contributed by atoms with Crippen LogP contribution in [0.15, 0.2) is 279 Å². The number of halogens is 6. The first-order valence-electron chi connectivity index (χ1n) is 30.5. The fraction of sp³-hybridized carbons (Fsp3) is 0.0244. The molecule has 0 saturated heterocycles. The first-order valence-corrected chi connectivity index (χ1v) is 30.5. The van der Waals surface area contributed by atoms with Gasteiger partial charge < -0.3 is 18.3 Å². The summed E-state index contributed by atoms with van der Waals surface area (Å²) < 4.78 is 101. The van der Waals surface area contributed by atoms with Gasteiger partial charge in [-0.15, -0.1) is 0 Å². The second kappa shape index (κ2) is 21.1. The predicted octanol–water partition coefficient (Wildman–Crippen LogP) is 22.5. The fourth-order valence-electron chi connectivity index (χ4n) is 14.3. The van der Waals surface area contributed by atoms with Crippen molar-refractivity contribution < 1.29 is 26.3 Å². The van der Waals surface area contributed by atoms with Gasteiger partial charge in [-0.1, -0.05) is 194 Å². The lowest BCUT2D eigenvalue weighted by Crippen LogP contribution is -2.17. The van der Waals surface area contributed by atoms with Crippen LogP contribution in [0.4, 0.5) is 26.3 Å². The molecule has 17 aromatic rings. The summed E-state index contributed by atoms with van der Waals surface area (Å²) in [5, 5.41) is 30.1. The Labute approximate surface area is 532 Å². The van der Waals surface area contributed by atoms with Crippen LogP contribution in [0.3, 0.4) is 0 Å². The number of hydrogen-bond donors (Lipinski definition) is 0. The molecule has 0 unspecified atom stereocenters. The maximum absolute atomic E-state index is 15.7. The van der Waals surface area contributed by atoms with Crippen LogP contribution in [-0.2, 0) is 12.4 Å². The molecule has 12 heteroatoms. The second-order valence-electron chi connectivity index (χ2n) is 23.6. The highest BCUT2D eigenvalue weighted by Gasteiger charge is 2.38. The molecule has 4 aromatic heterocycles. The molecule has 0 aliphatic carbocycles. The molecule has 0 aliphatic heterocycles. The molecule has 0 amide bonds. The van der Waals surface area contributed by atoms with E-state index in [2.05, 4.69) is 36.4 Å². The van der Waals surface area contributed by atoms with Gasteiger partial charge >= 0.3 is 12.4 Å². The minimum absolute atomic E-state index is 0.0362. The Balaban J connectivity index is 1.17. The van der Waals surface area contributed by atoms with Crippen molar-refractivity contribution in [1.82, 2.24) is 18.3 Å². The molecule has 0 radical (unpaired) electrons. The highest BCUT2D eigenvalue weighted by molar-refractivity contribution is 6.18. The van der Waals surface area contributed by atoms with Crippen molar-refractivity contribution in [3.63, 3.8) is 0 Å². The van der Waals surface area contributed by atoms with E-state index in [0.717, 1.165) is 90.3 Å². The largest absolute Gasteiger partial charge is 0.416 e. The summed E-state index contributed by atoms with van der Waals surface area (Å²) in [5.74, 6) is 0. The van der Waals surface area contributed by atoms with Gasteiger partial charge in [0, 0.05) is 43.1 Å². The molecule has 4 heterocycles. The summed E-state index contributed by atoms with van der Waals surface area (Å²) in [7, 11) is 0. The third kappa shape index (κ3) is 8.57. The summed E-state index contributed by atoms with van der Waals surface area (Å²) in [5.41, 5.74) is 8.82. The number of benzene rings is 13. The van der Waals surface area contributed by atoms with E-state index in [0.29, 0.717) is 54.6 Å². The second-order valence-corrected chi connectivity index (χ2v) is 23.6. The Hall–Kier alpha value is -12.4. The van der Waals surface area contributed by atoms with Gasteiger partial charge in [0.1, 0.15) is 12.1 Å². The zero-order valence-electron chi connectivity index (χ0n) is 49.5. The Morgan fingerprint density at radius 1 is 0.223 bits per heavy atom. The number of para-hydroxylation sites is 2. The van der Waals surface area contributed by atoms with E-state index in [1.165, 1.54) is 12.1 Å². The van der Waals surface area contributed by atoms with Crippen LogP contribution in [0.5, 0.6) is 0 Å². The summed E-state index contributed by atoms with van der Waals surface area (Å²) >= 11 is 0. The molecule has 0 aliphatic rings. The highest BCUT2D eigenvalue weighted by Crippen LogP contribution is 2.51. The van der Waals surface area contributed by atoms with Gasteiger partial charge in [-0.05, 0) is 129 Å². The maximum Gasteiger partial charge on any atom is 0.416 e. The molecular formula is C82H46F6N6. The molecule has 94 heavy (non-hydrogen) atoms. The molecule has 6 nitrogen and oxygen atoms in total. The number of fused-ring (bicyclic) bond motifs is 12. The van der Waals surface area contributed by atoms with Gasteiger partial charge in [0.2, 0.25) is 0 Å². The van der Waals surface area contributed by atoms with E-state index in [4.69, 9.17) is 0 Å². The molecule has 0 saturated carbocycles. The Bertz CT molecular complexity index is 5890. The quantitative estimate of drug-likeness (QED) is 0.142. The average molecular weight is 1230 g/mol. The van der Waals surface area contributed by atoms with Crippen LogP contribution in [0, 0.1) is 22.7 Å². The average Bonchev–Trinajstić information content (AvgIpc) is 1.48. The number of aromatic nitrogens is 4. The summed E-state index contributed by atoms with van der Waals surface area (Å²) in [4.78, 5) is 0. The molecule has 13 aromatic carbocycles. The third-order valence-electron chi connectivity index (χ3n) is 18.5. The Morgan fingerprint density at radius 2 is 0.479 bits per heavy atom. The van der Waals surface area contributed by atoms with Gasteiger partial charge in [0.15, 0.2) is 0 Å². The first-order chi connectivity index (χ1) is 45.8. The van der Waals surface area contributed by atoms with Gasteiger partial charge in [-0.25, -0.2) is 0 Å². The fourth-order valence-corrected chi connectivity index (χ4v) is 14.3. The third-order valence-corrected chi connectivity index (χ3v) is 18.5. The van der Waals surface area contributed by atoms with Crippen molar-refractivity contribution in [2.45, 2.75) is 12.4 Å². The van der Waals surface area contributed by atoms with E-state index >= 15 is 26.3 Å². The molecule has 0 bridgehead atoms. The lowest BCUT2D eigenvalue weighted by molar-refractivity contribution is -0.138. The van der Waals surface area contributed by atoms with E-state index in [1.54, 1.807) is 51.6 Å². The van der Waals surface area contributed by atoms with Crippen molar-refractivity contribution in [1.29, 1.82) is 10.5 Å². The first kappa shape index (κ1) is 55.7. The van der Waals surface area contributed by atoms with E-state index < -0.39 is 23.5 Å². The van der Waals surface area contributed by atoms with Crippen molar-refractivity contribution in [2.24, 2.45) is 0 Å². The van der Waals surface area contributed by atoms with Gasteiger partial charge in [0.05, 0.1) is 89.1 Å². The van der Waals surface area contributed by atoms with Crippen LogP contribution in [0.2, 0.25) is 0 Å². The number of hydrogen-bond acceptors (Lipinski definition) is 2. The molecule has 17 rings (SSSR count). The molecular weight excluding hydrogens is 1180 g/mol. The van der Waals surface area contributed by atoms with Crippen LogP contribution in [0.25, 0.3) is 154 Å². The smallest absolute Gasteiger partial charge is 0.306 e. The van der Waals surface area contributed by atoms with Gasteiger partial charge in [0.25, 0.3) is 0 Å². The predicted molar refractivity (Wildman–Crippen MR) is 365 cm³/mol. The number of nitriles is 2. The van der Waals surface area contributed by atoms with Crippen LogP contribution < -0.4 is 0 Å². The number of nitrogens with zero attached hydrogens (tertiary/aromatic N) is 6. The number of alkyl halides is 6. The summed E-state index contributed by atoms with van der Waals surface area (Å²) in [6.45, 7) is 0. The van der Waals surface area contributed by atoms with Crippen molar-refractivity contribution in [3.8, 4) is 79.4 Å². The topological polar surface area (TPSA) is 67.3 Å². The van der Waals surface area contributed by atoms with Crippen molar-refractivity contribution in [2.75, 3.05) is 0 Å². The summed E-state index contributed by atoms with van der Waals surface area (Å²) in [6, 6.07) is 90.7. The van der Waals surface area contributed by atoms with E-state index in [-0.39, 0.29) is 44.9 Å². The highest BCUT2D eigenvalue weighted by atomic mass is 19.4. The number of rotatable bonds is 8. The standard InChI is InChI=1S/C82H46F6N6/c83-81(84,85)57-33-35-61-59-25-13-15-27-69(59)93(75(61)45-57)78-68(48-90)67(47-89)77(91-71-37-29-53(49-17-5-1-6-18-49)41-63(71)64-42-54(30-38-72(64)91)50-19-7-2-8-20-50)79(80(78)94-70-28-16-14-26-60(70)62-36-34-58(46-76(62)94)82(86,87)88)92-73-39-31-55(51-21-9-3-10-22-51)43-65(73)66-44-56(32-40-74(66)92)52-23-11-4-12-24-52/h1-46H. The monoisotopic (exact) mass is 1230 g/mol. The molecule has 0 fully saturated rings. The van der Waals surface area contributed by atoms with E-state index in [1.807, 2.05) is 185 Å². The van der Waals surface area contributed by atoms with Crippen molar-refractivity contribution >= 4 is 87.2 Å². The van der Waals surface area contributed by atoms with Crippen LogP contribution in [-0.4, -0.2) is 18.3 Å². The van der Waals surface area contributed by atoms with Crippen LogP contribution >= 0.6 is 0 Å². The molecule has 0 N–H and O–H groups in total. The Kier molecular flexibility index (Phi) is 12.5. The van der Waals surface area contributed by atoms with Crippen molar-refractivity contribution in [3.05, 3.63) is 301 Å². The zero-order valence-corrected chi connectivity index (χ0v) is 49.5. The molecule has 446 valence electrons. The van der Waals surface area contributed by atoms with E-state index in [9.17, 15) is 10.5 Å². The minimum atomic E-state index is -4.85. The lowest BCUT2D eigenvalue weighted by Gasteiger charge is -2.28. The summed E-state index contributed by atoms with van der Waals surface area (Å²) in [6.07, 6.45) is -9.70. The molecule has 0 atom stereocenters. The minimum Gasteiger partial charge on any atom is -0.306 e. The normalized spacial score (nSPS) is 12.1. The Morgan fingerprint density at radius 3 is 0.787 bits per heavy atom. The lowest BCUT2D eigenvalue weighted by atomic mass is 9.98. The SMILES string of the molecule is N#Cc1c(C#N)c(-n2c3ccccc3c3ccc(C(F)(F)F)cc32)c(-n2c3ccccc3c3ccc(C(F)(F)F)cc32)c(-n2c3ccc(-c4ccccc4)cc3c3cc(-c4ccccc4)ccc32)c1-n1c2ccc(-c3ccccc3)cc2c2cc(-c3ccccc3)ccc21. The molecule has 0 spiro atoms. The van der Waals surface area contributed by atoms with Gasteiger partial charge in [-0.3, -0.25) is 0 Å². The maximum atomic E-state index is 15.7. The van der Waals surface area contributed by atoms with Crippen LogP contribution in [0.1, 0.15) is 22.3 Å². The van der Waals surface area contributed by atoms with Gasteiger partial charge in [-0.2, -0.15) is 36.9 Å².